The molecule has 7 nitrogen and oxygen atoms in total. The molecule has 36 heavy (non-hydrogen) atoms. The molecular formula is C27H37F2N5O2. The molecule has 3 aliphatic rings. The number of benzene rings is 1. The Morgan fingerprint density at radius 2 is 2.11 bits per heavy atom. The average Bonchev–Trinajstić information content (AvgIpc) is 3.57. The van der Waals surface area contributed by atoms with Crippen LogP contribution in [0, 0.1) is 17.6 Å². The molecule has 9 heteroatoms. The lowest BCUT2D eigenvalue weighted by atomic mass is 9.87. The van der Waals surface area contributed by atoms with Gasteiger partial charge in [-0.05, 0) is 61.6 Å². The van der Waals surface area contributed by atoms with Crippen molar-refractivity contribution < 1.29 is 18.3 Å². The molecule has 2 aromatic rings. The highest BCUT2D eigenvalue weighted by atomic mass is 19.1. The number of amides is 1. The van der Waals surface area contributed by atoms with Gasteiger partial charge in [0.15, 0.2) is 5.82 Å². The van der Waals surface area contributed by atoms with Crippen LogP contribution in [0.4, 0.5) is 14.6 Å². The fourth-order valence-corrected chi connectivity index (χ4v) is 5.50. The van der Waals surface area contributed by atoms with Gasteiger partial charge in [0.1, 0.15) is 11.6 Å². The first-order valence-electron chi connectivity index (χ1n) is 13.4. The molecule has 0 radical (unpaired) electrons. The number of hydrogen-bond donors (Lipinski definition) is 2. The third-order valence-electron chi connectivity index (χ3n) is 7.64. The number of carbonyl (C=O) groups excluding carboxylic acids is 1. The Morgan fingerprint density at radius 3 is 2.92 bits per heavy atom. The van der Waals surface area contributed by atoms with Gasteiger partial charge in [0, 0.05) is 37.9 Å². The van der Waals surface area contributed by atoms with Crippen molar-refractivity contribution in [2.45, 2.75) is 76.5 Å². The van der Waals surface area contributed by atoms with Gasteiger partial charge < -0.3 is 19.9 Å². The van der Waals surface area contributed by atoms with Crippen LogP contribution in [0.15, 0.2) is 24.7 Å². The van der Waals surface area contributed by atoms with Gasteiger partial charge in [-0.25, -0.2) is 13.8 Å². The smallest absolute Gasteiger partial charge is 0.242 e. The van der Waals surface area contributed by atoms with Crippen molar-refractivity contribution in [2.75, 3.05) is 31.6 Å². The number of carbonyl (C=O) groups is 1. The first-order valence-corrected chi connectivity index (χ1v) is 13.4. The molecule has 2 fully saturated rings. The summed E-state index contributed by atoms with van der Waals surface area (Å²) < 4.78 is 35.6. The SMILES string of the molecule is CCC[C@H](NC1CCc2cc(F)cc(F)c2C1)C(=O)Nc1cn(CC2COCCN2CC2CC2)cn1. The second kappa shape index (κ2) is 11.4. The Kier molecular flexibility index (Phi) is 7.98. The number of aryl methyl sites for hydroxylation is 1. The molecule has 1 amide bonds. The molecule has 2 unspecified atom stereocenters. The van der Waals surface area contributed by atoms with Gasteiger partial charge in [-0.2, -0.15) is 0 Å². The molecule has 3 atom stereocenters. The van der Waals surface area contributed by atoms with Gasteiger partial charge in [-0.1, -0.05) is 13.3 Å². The minimum absolute atomic E-state index is 0.0407. The fraction of sp³-hybridized carbons (Fsp3) is 0.630. The molecule has 1 aromatic carbocycles. The van der Waals surface area contributed by atoms with Crippen molar-refractivity contribution in [3.8, 4) is 0 Å². The molecule has 1 aliphatic heterocycles. The van der Waals surface area contributed by atoms with Crippen LogP contribution in [-0.4, -0.2) is 64.8 Å². The summed E-state index contributed by atoms with van der Waals surface area (Å²) in [5.41, 5.74) is 1.28. The fourth-order valence-electron chi connectivity index (χ4n) is 5.50. The Morgan fingerprint density at radius 1 is 1.25 bits per heavy atom. The van der Waals surface area contributed by atoms with Crippen molar-refractivity contribution in [1.29, 1.82) is 0 Å². The van der Waals surface area contributed by atoms with Gasteiger partial charge in [0.05, 0.1) is 31.6 Å². The van der Waals surface area contributed by atoms with E-state index >= 15 is 0 Å². The minimum atomic E-state index is -0.535. The molecule has 1 saturated carbocycles. The molecule has 0 spiro atoms. The molecular weight excluding hydrogens is 464 g/mol. The largest absolute Gasteiger partial charge is 0.378 e. The number of fused-ring (bicyclic) bond motifs is 1. The van der Waals surface area contributed by atoms with Gasteiger partial charge in [0.25, 0.3) is 0 Å². The number of ether oxygens (including phenoxy) is 1. The van der Waals surface area contributed by atoms with E-state index in [1.165, 1.54) is 18.9 Å². The van der Waals surface area contributed by atoms with Gasteiger partial charge in [0.2, 0.25) is 5.91 Å². The highest BCUT2D eigenvalue weighted by molar-refractivity contribution is 5.94. The number of imidazole rings is 1. The summed E-state index contributed by atoms with van der Waals surface area (Å²) in [5, 5.41) is 6.40. The quantitative estimate of drug-likeness (QED) is 0.521. The summed E-state index contributed by atoms with van der Waals surface area (Å²) in [6, 6.07) is 2.23. The summed E-state index contributed by atoms with van der Waals surface area (Å²) >= 11 is 0. The van der Waals surface area contributed by atoms with E-state index in [1.807, 2.05) is 17.7 Å². The third-order valence-corrected chi connectivity index (χ3v) is 7.64. The van der Waals surface area contributed by atoms with E-state index in [0.29, 0.717) is 43.3 Å². The Bertz CT molecular complexity index is 1060. The lowest BCUT2D eigenvalue weighted by Gasteiger charge is -2.35. The molecule has 1 saturated heterocycles. The maximum atomic E-state index is 14.3. The molecule has 5 rings (SSSR count). The standard InChI is InChI=1S/C27H37F2N5O2/c1-2-3-25(31-21-7-6-19-10-20(28)11-24(29)23(19)12-21)27(35)32-26-15-33(17-30-26)14-22-16-36-9-8-34(22)13-18-4-5-18/h10-11,15,17-18,21-22,25,31H,2-9,12-14,16H2,1H3,(H,32,35)/t21?,22?,25-/m0/s1. The van der Waals surface area contributed by atoms with Crippen molar-refractivity contribution in [2.24, 2.45) is 5.92 Å². The van der Waals surface area contributed by atoms with E-state index in [0.717, 1.165) is 56.6 Å². The Labute approximate surface area is 211 Å². The Balaban J connectivity index is 1.17. The van der Waals surface area contributed by atoms with Crippen LogP contribution in [0.25, 0.3) is 0 Å². The molecule has 1 aromatic heterocycles. The van der Waals surface area contributed by atoms with Crippen LogP contribution in [0.5, 0.6) is 0 Å². The van der Waals surface area contributed by atoms with Crippen LogP contribution < -0.4 is 10.6 Å². The zero-order valence-corrected chi connectivity index (χ0v) is 21.0. The van der Waals surface area contributed by atoms with Crippen LogP contribution in [-0.2, 0) is 28.9 Å². The number of halogens is 2. The summed E-state index contributed by atoms with van der Waals surface area (Å²) in [6.07, 6.45) is 9.59. The van der Waals surface area contributed by atoms with E-state index in [2.05, 4.69) is 20.5 Å². The normalized spacial score (nSPS) is 23.3. The summed E-state index contributed by atoms with van der Waals surface area (Å²) in [7, 11) is 0. The van der Waals surface area contributed by atoms with Gasteiger partial charge >= 0.3 is 0 Å². The van der Waals surface area contributed by atoms with Crippen LogP contribution >= 0.6 is 0 Å². The van der Waals surface area contributed by atoms with Crippen molar-refractivity contribution in [3.05, 3.63) is 47.4 Å². The van der Waals surface area contributed by atoms with Crippen LogP contribution in [0.1, 0.15) is 50.2 Å². The number of anilines is 1. The number of hydrogen-bond acceptors (Lipinski definition) is 5. The first kappa shape index (κ1) is 25.3. The zero-order chi connectivity index (χ0) is 25.1. The maximum absolute atomic E-state index is 14.3. The van der Waals surface area contributed by atoms with Crippen molar-refractivity contribution in [3.63, 3.8) is 0 Å². The van der Waals surface area contributed by atoms with E-state index < -0.39 is 17.7 Å². The van der Waals surface area contributed by atoms with Crippen LogP contribution in [0.2, 0.25) is 0 Å². The summed E-state index contributed by atoms with van der Waals surface area (Å²) in [4.78, 5) is 20.1. The molecule has 196 valence electrons. The highest BCUT2D eigenvalue weighted by Gasteiger charge is 2.31. The number of aromatic nitrogens is 2. The first-order chi connectivity index (χ1) is 17.5. The second-order valence-corrected chi connectivity index (χ2v) is 10.6. The predicted molar refractivity (Wildman–Crippen MR) is 134 cm³/mol. The molecule has 2 aliphatic carbocycles. The van der Waals surface area contributed by atoms with Crippen molar-refractivity contribution >= 4 is 11.7 Å². The highest BCUT2D eigenvalue weighted by Crippen LogP contribution is 2.31. The average molecular weight is 502 g/mol. The second-order valence-electron chi connectivity index (χ2n) is 10.6. The topological polar surface area (TPSA) is 71.4 Å². The lowest BCUT2D eigenvalue weighted by molar-refractivity contribution is -0.118. The number of nitrogens with one attached hydrogen (secondary N) is 2. The van der Waals surface area contributed by atoms with E-state index in [4.69, 9.17) is 4.74 Å². The van der Waals surface area contributed by atoms with E-state index in [1.54, 1.807) is 6.33 Å². The molecule has 0 bridgehead atoms. The predicted octanol–water partition coefficient (Wildman–Crippen LogP) is 3.53. The molecule has 2 heterocycles. The zero-order valence-electron chi connectivity index (χ0n) is 21.0. The van der Waals surface area contributed by atoms with Crippen LogP contribution in [0.3, 0.4) is 0 Å². The van der Waals surface area contributed by atoms with Crippen molar-refractivity contribution in [1.82, 2.24) is 19.8 Å². The Hall–Kier alpha value is -2.36. The summed E-state index contributed by atoms with van der Waals surface area (Å²) in [6.45, 7) is 6.42. The summed E-state index contributed by atoms with van der Waals surface area (Å²) in [5.74, 6) is 0.193. The third kappa shape index (κ3) is 6.30. The van der Waals surface area contributed by atoms with Gasteiger partial charge in [-0.15, -0.1) is 0 Å². The monoisotopic (exact) mass is 501 g/mol. The number of rotatable bonds is 10. The maximum Gasteiger partial charge on any atom is 0.242 e. The van der Waals surface area contributed by atoms with Gasteiger partial charge in [-0.3, -0.25) is 9.69 Å². The number of morpholine rings is 1. The van der Waals surface area contributed by atoms with E-state index in [9.17, 15) is 13.6 Å². The minimum Gasteiger partial charge on any atom is -0.378 e. The number of nitrogens with zero attached hydrogens (tertiary/aromatic N) is 3. The lowest BCUT2D eigenvalue weighted by Crippen LogP contribution is -2.48. The molecule has 2 N–H and O–H groups in total. The van der Waals surface area contributed by atoms with E-state index in [-0.39, 0.29) is 11.9 Å².